The summed E-state index contributed by atoms with van der Waals surface area (Å²) in [7, 11) is 5.10. The molecule has 1 aliphatic rings. The number of ether oxygens (including phenoxy) is 2. The van der Waals surface area contributed by atoms with Gasteiger partial charge in [-0.25, -0.2) is 0 Å². The highest BCUT2D eigenvalue weighted by Gasteiger charge is 2.17. The van der Waals surface area contributed by atoms with E-state index in [1.807, 2.05) is 25.2 Å². The highest BCUT2D eigenvalue weighted by molar-refractivity contribution is 5.85. The van der Waals surface area contributed by atoms with Gasteiger partial charge in [-0.05, 0) is 49.5 Å². The molecule has 0 aliphatic carbocycles. The van der Waals surface area contributed by atoms with Gasteiger partial charge in [0.1, 0.15) is 11.5 Å². The van der Waals surface area contributed by atoms with Crippen LogP contribution in [0.5, 0.6) is 11.5 Å². The first kappa shape index (κ1) is 19.6. The van der Waals surface area contributed by atoms with E-state index in [9.17, 15) is 4.79 Å². The molecule has 0 spiro atoms. The van der Waals surface area contributed by atoms with Gasteiger partial charge < -0.3 is 19.7 Å². The Morgan fingerprint density at radius 2 is 1.91 bits per heavy atom. The summed E-state index contributed by atoms with van der Waals surface area (Å²) >= 11 is 0. The molecular weight excluding hydrogens is 316 g/mol. The van der Waals surface area contributed by atoms with Crippen molar-refractivity contribution in [3.05, 3.63) is 23.8 Å². The molecular formula is C17H27ClN2O3. The molecule has 0 radical (unpaired) electrons. The predicted molar refractivity (Wildman–Crippen MR) is 93.5 cm³/mol. The van der Waals surface area contributed by atoms with Crippen molar-refractivity contribution in [1.29, 1.82) is 0 Å². The molecule has 0 bridgehead atoms. The first-order valence-electron chi connectivity index (χ1n) is 7.79. The largest absolute Gasteiger partial charge is 0.497 e. The average Bonchev–Trinajstić information content (AvgIpc) is 3.05. The van der Waals surface area contributed by atoms with Gasteiger partial charge in [-0.3, -0.25) is 4.79 Å². The number of halogens is 1. The number of amides is 1. The zero-order valence-electron chi connectivity index (χ0n) is 14.1. The van der Waals surface area contributed by atoms with Crippen LogP contribution < -0.4 is 14.8 Å². The van der Waals surface area contributed by atoms with Gasteiger partial charge in [-0.15, -0.1) is 12.4 Å². The van der Waals surface area contributed by atoms with E-state index < -0.39 is 0 Å². The zero-order valence-corrected chi connectivity index (χ0v) is 14.9. The van der Waals surface area contributed by atoms with Gasteiger partial charge in [0.25, 0.3) is 0 Å². The smallest absolute Gasteiger partial charge is 0.222 e. The van der Waals surface area contributed by atoms with Gasteiger partial charge in [0.2, 0.25) is 5.91 Å². The molecule has 1 atom stereocenters. The van der Waals surface area contributed by atoms with Gasteiger partial charge in [-0.1, -0.05) is 0 Å². The van der Waals surface area contributed by atoms with Crippen molar-refractivity contribution in [2.24, 2.45) is 5.92 Å². The van der Waals surface area contributed by atoms with Crippen LogP contribution in [0.1, 0.15) is 24.8 Å². The Morgan fingerprint density at radius 3 is 2.43 bits per heavy atom. The Bertz CT molecular complexity index is 482. The molecule has 5 nitrogen and oxygen atoms in total. The Morgan fingerprint density at radius 1 is 1.26 bits per heavy atom. The summed E-state index contributed by atoms with van der Waals surface area (Å²) in [6, 6.07) is 5.71. The fraction of sp³-hybridized carbons (Fsp3) is 0.588. The molecule has 1 aromatic carbocycles. The highest BCUT2D eigenvalue weighted by atomic mass is 35.5. The van der Waals surface area contributed by atoms with Crippen LogP contribution in [0.2, 0.25) is 0 Å². The third-order valence-corrected chi connectivity index (χ3v) is 4.19. The van der Waals surface area contributed by atoms with Crippen LogP contribution in [-0.4, -0.2) is 45.2 Å². The molecule has 1 fully saturated rings. The van der Waals surface area contributed by atoms with Crippen LogP contribution in [0.25, 0.3) is 0 Å². The molecule has 130 valence electrons. The van der Waals surface area contributed by atoms with E-state index in [4.69, 9.17) is 9.47 Å². The summed E-state index contributed by atoms with van der Waals surface area (Å²) < 4.78 is 10.5. The lowest BCUT2D eigenvalue weighted by atomic mass is 10.0. The van der Waals surface area contributed by atoms with Gasteiger partial charge >= 0.3 is 0 Å². The molecule has 6 heteroatoms. The number of carbonyl (C=O) groups excluding carboxylic acids is 1. The molecule has 1 amide bonds. The third-order valence-electron chi connectivity index (χ3n) is 4.19. The number of hydrogen-bond acceptors (Lipinski definition) is 4. The number of carbonyl (C=O) groups is 1. The molecule has 1 unspecified atom stereocenters. The maximum absolute atomic E-state index is 12.3. The van der Waals surface area contributed by atoms with Crippen LogP contribution >= 0.6 is 12.4 Å². The normalized spacial score (nSPS) is 16.6. The van der Waals surface area contributed by atoms with E-state index in [1.165, 1.54) is 6.42 Å². The van der Waals surface area contributed by atoms with Gasteiger partial charge in [0.05, 0.1) is 14.2 Å². The minimum atomic E-state index is 0. The van der Waals surface area contributed by atoms with Crippen molar-refractivity contribution in [3.8, 4) is 11.5 Å². The number of hydrogen-bond donors (Lipinski definition) is 1. The lowest BCUT2D eigenvalue weighted by Crippen LogP contribution is -2.26. The maximum atomic E-state index is 12.3. The Balaban J connectivity index is 0.00000264. The SMILES string of the molecule is COc1cc(CN(C)C(=O)CCC2CCNC2)cc(OC)c1.Cl. The van der Waals surface area contributed by atoms with Gasteiger partial charge in [0.15, 0.2) is 0 Å². The Labute approximate surface area is 144 Å². The quantitative estimate of drug-likeness (QED) is 0.827. The summed E-state index contributed by atoms with van der Waals surface area (Å²) in [5.41, 5.74) is 1.01. The van der Waals surface area contributed by atoms with E-state index in [0.29, 0.717) is 18.9 Å². The predicted octanol–water partition coefficient (Wildman–Crippen LogP) is 2.47. The van der Waals surface area contributed by atoms with Gasteiger partial charge in [-0.2, -0.15) is 0 Å². The second-order valence-electron chi connectivity index (χ2n) is 5.87. The molecule has 2 rings (SSSR count). The fourth-order valence-corrected chi connectivity index (χ4v) is 2.80. The summed E-state index contributed by atoms with van der Waals surface area (Å²) in [4.78, 5) is 14.0. The van der Waals surface area contributed by atoms with Crippen LogP contribution in [-0.2, 0) is 11.3 Å². The van der Waals surface area contributed by atoms with Crippen molar-refractivity contribution in [1.82, 2.24) is 10.2 Å². The molecule has 1 heterocycles. The Hall–Kier alpha value is -1.46. The maximum Gasteiger partial charge on any atom is 0.222 e. The average molecular weight is 343 g/mol. The highest BCUT2D eigenvalue weighted by Crippen LogP contribution is 2.23. The third kappa shape index (κ3) is 5.92. The van der Waals surface area contributed by atoms with Crippen LogP contribution in [0.4, 0.5) is 0 Å². The summed E-state index contributed by atoms with van der Waals surface area (Å²) in [6.07, 6.45) is 2.77. The topological polar surface area (TPSA) is 50.8 Å². The van der Waals surface area contributed by atoms with Crippen molar-refractivity contribution in [2.45, 2.75) is 25.8 Å². The first-order chi connectivity index (χ1) is 10.6. The molecule has 23 heavy (non-hydrogen) atoms. The van der Waals surface area contributed by atoms with Crippen molar-refractivity contribution < 1.29 is 14.3 Å². The van der Waals surface area contributed by atoms with E-state index in [0.717, 1.165) is 36.6 Å². The molecule has 1 aliphatic heterocycles. The van der Waals surface area contributed by atoms with E-state index in [1.54, 1.807) is 19.1 Å². The number of methoxy groups -OCH3 is 2. The minimum absolute atomic E-state index is 0. The van der Waals surface area contributed by atoms with Crippen LogP contribution in [0.15, 0.2) is 18.2 Å². The van der Waals surface area contributed by atoms with E-state index >= 15 is 0 Å². The molecule has 0 saturated carbocycles. The number of benzene rings is 1. The van der Waals surface area contributed by atoms with E-state index in [2.05, 4.69) is 5.32 Å². The molecule has 1 aromatic rings. The first-order valence-corrected chi connectivity index (χ1v) is 7.79. The van der Waals surface area contributed by atoms with Crippen molar-refractivity contribution in [3.63, 3.8) is 0 Å². The van der Waals surface area contributed by atoms with Crippen molar-refractivity contribution >= 4 is 18.3 Å². The Kier molecular flexibility index (Phi) is 8.20. The van der Waals surface area contributed by atoms with E-state index in [-0.39, 0.29) is 18.3 Å². The lowest BCUT2D eigenvalue weighted by Gasteiger charge is -2.19. The summed E-state index contributed by atoms with van der Waals surface area (Å²) in [5, 5.41) is 3.34. The monoisotopic (exact) mass is 342 g/mol. The standard InChI is InChI=1S/C17H26N2O3.ClH/c1-19(17(20)5-4-13-6-7-18-11-13)12-14-8-15(21-2)10-16(9-14)22-3;/h8-10,13,18H,4-7,11-12H2,1-3H3;1H. The second-order valence-corrected chi connectivity index (χ2v) is 5.87. The molecule has 0 aromatic heterocycles. The number of rotatable bonds is 7. The summed E-state index contributed by atoms with van der Waals surface area (Å²) in [6.45, 7) is 2.69. The van der Waals surface area contributed by atoms with Crippen molar-refractivity contribution in [2.75, 3.05) is 34.4 Å². The number of nitrogens with zero attached hydrogens (tertiary/aromatic N) is 1. The van der Waals surface area contributed by atoms with Crippen LogP contribution in [0.3, 0.4) is 0 Å². The van der Waals surface area contributed by atoms with Gasteiger partial charge in [0, 0.05) is 26.1 Å². The van der Waals surface area contributed by atoms with Crippen LogP contribution in [0, 0.1) is 5.92 Å². The summed E-state index contributed by atoms with van der Waals surface area (Å²) in [5.74, 6) is 2.32. The molecule has 1 N–H and O–H groups in total. The fourth-order valence-electron chi connectivity index (χ4n) is 2.80. The zero-order chi connectivity index (χ0) is 15.9. The molecule has 1 saturated heterocycles. The minimum Gasteiger partial charge on any atom is -0.497 e. The second kappa shape index (κ2) is 9.63. The number of nitrogens with one attached hydrogen (secondary N) is 1. The lowest BCUT2D eigenvalue weighted by molar-refractivity contribution is -0.130.